The van der Waals surface area contributed by atoms with Crippen LogP contribution in [0.3, 0.4) is 0 Å². The SMILES string of the molecule is CCNc1nccnc1-c1ccc(Cl)cc1. The largest absolute Gasteiger partial charge is 0.369 e. The van der Waals surface area contributed by atoms with E-state index in [0.717, 1.165) is 28.6 Å². The van der Waals surface area contributed by atoms with Crippen molar-refractivity contribution >= 4 is 17.4 Å². The van der Waals surface area contributed by atoms with Gasteiger partial charge in [0, 0.05) is 29.5 Å². The summed E-state index contributed by atoms with van der Waals surface area (Å²) in [6.07, 6.45) is 3.36. The molecule has 2 aromatic rings. The average Bonchev–Trinajstić information content (AvgIpc) is 2.32. The fourth-order valence-corrected chi connectivity index (χ4v) is 1.58. The minimum atomic E-state index is 0.720. The molecule has 0 amide bonds. The van der Waals surface area contributed by atoms with Crippen LogP contribution in [0.25, 0.3) is 11.3 Å². The van der Waals surface area contributed by atoms with E-state index in [2.05, 4.69) is 15.3 Å². The van der Waals surface area contributed by atoms with Crippen LogP contribution >= 0.6 is 11.6 Å². The molecule has 82 valence electrons. The maximum atomic E-state index is 5.85. The molecule has 4 heteroatoms. The number of benzene rings is 1. The summed E-state index contributed by atoms with van der Waals surface area (Å²) in [5.74, 6) is 0.798. The second-order valence-corrected chi connectivity index (χ2v) is 3.73. The lowest BCUT2D eigenvalue weighted by Crippen LogP contribution is -2.02. The average molecular weight is 234 g/mol. The van der Waals surface area contributed by atoms with E-state index in [-0.39, 0.29) is 0 Å². The van der Waals surface area contributed by atoms with Gasteiger partial charge in [-0.25, -0.2) is 4.98 Å². The Morgan fingerprint density at radius 3 is 2.50 bits per heavy atom. The van der Waals surface area contributed by atoms with Crippen molar-refractivity contribution in [3.05, 3.63) is 41.7 Å². The monoisotopic (exact) mass is 233 g/mol. The minimum Gasteiger partial charge on any atom is -0.369 e. The van der Waals surface area contributed by atoms with Crippen molar-refractivity contribution in [3.8, 4) is 11.3 Å². The van der Waals surface area contributed by atoms with Gasteiger partial charge in [0.25, 0.3) is 0 Å². The van der Waals surface area contributed by atoms with E-state index in [1.54, 1.807) is 12.4 Å². The van der Waals surface area contributed by atoms with Gasteiger partial charge in [-0.1, -0.05) is 23.7 Å². The molecule has 0 aliphatic carbocycles. The van der Waals surface area contributed by atoms with Gasteiger partial charge >= 0.3 is 0 Å². The first-order valence-corrected chi connectivity index (χ1v) is 5.50. The van der Waals surface area contributed by atoms with Crippen molar-refractivity contribution < 1.29 is 0 Å². The van der Waals surface area contributed by atoms with Gasteiger partial charge in [0.05, 0.1) is 0 Å². The number of halogens is 1. The lowest BCUT2D eigenvalue weighted by molar-refractivity contribution is 1.12. The molecule has 0 unspecified atom stereocenters. The van der Waals surface area contributed by atoms with Crippen molar-refractivity contribution in [1.29, 1.82) is 0 Å². The zero-order valence-electron chi connectivity index (χ0n) is 8.94. The van der Waals surface area contributed by atoms with E-state index < -0.39 is 0 Å². The van der Waals surface area contributed by atoms with Crippen molar-refractivity contribution in [1.82, 2.24) is 9.97 Å². The quantitative estimate of drug-likeness (QED) is 0.885. The van der Waals surface area contributed by atoms with Crippen LogP contribution < -0.4 is 5.32 Å². The van der Waals surface area contributed by atoms with Crippen LogP contribution in [0.2, 0.25) is 5.02 Å². The first kappa shape index (κ1) is 10.9. The van der Waals surface area contributed by atoms with Crippen LogP contribution in [-0.4, -0.2) is 16.5 Å². The highest BCUT2D eigenvalue weighted by Gasteiger charge is 2.06. The second kappa shape index (κ2) is 4.94. The molecule has 0 atom stereocenters. The fraction of sp³-hybridized carbons (Fsp3) is 0.167. The summed E-state index contributed by atoms with van der Waals surface area (Å²) in [6.45, 7) is 2.85. The third-order valence-corrected chi connectivity index (χ3v) is 2.41. The Hall–Kier alpha value is -1.61. The van der Waals surface area contributed by atoms with Crippen molar-refractivity contribution in [2.45, 2.75) is 6.92 Å². The van der Waals surface area contributed by atoms with Gasteiger partial charge < -0.3 is 5.32 Å². The first-order valence-electron chi connectivity index (χ1n) is 5.12. The minimum absolute atomic E-state index is 0.720. The van der Waals surface area contributed by atoms with Crippen molar-refractivity contribution in [2.24, 2.45) is 0 Å². The highest BCUT2D eigenvalue weighted by molar-refractivity contribution is 6.30. The number of nitrogens with zero attached hydrogens (tertiary/aromatic N) is 2. The number of hydrogen-bond donors (Lipinski definition) is 1. The molecule has 1 aromatic carbocycles. The molecule has 0 aliphatic rings. The van der Waals surface area contributed by atoms with Gasteiger partial charge in [-0.2, -0.15) is 0 Å². The number of anilines is 1. The summed E-state index contributed by atoms with van der Waals surface area (Å²) in [4.78, 5) is 8.59. The lowest BCUT2D eigenvalue weighted by atomic mass is 10.1. The summed E-state index contributed by atoms with van der Waals surface area (Å²) in [5, 5.41) is 3.90. The van der Waals surface area contributed by atoms with E-state index >= 15 is 0 Å². The third-order valence-electron chi connectivity index (χ3n) is 2.16. The van der Waals surface area contributed by atoms with Crippen LogP contribution in [0.15, 0.2) is 36.7 Å². The van der Waals surface area contributed by atoms with Crippen molar-refractivity contribution in [2.75, 3.05) is 11.9 Å². The molecule has 1 aromatic heterocycles. The molecule has 0 bridgehead atoms. The van der Waals surface area contributed by atoms with Crippen LogP contribution in [0, 0.1) is 0 Å². The zero-order valence-corrected chi connectivity index (χ0v) is 9.70. The molecule has 2 rings (SSSR count). The molecule has 0 saturated heterocycles. The molecule has 16 heavy (non-hydrogen) atoms. The molecular formula is C12H12ClN3. The van der Waals surface area contributed by atoms with Crippen molar-refractivity contribution in [3.63, 3.8) is 0 Å². The zero-order chi connectivity index (χ0) is 11.4. The van der Waals surface area contributed by atoms with Gasteiger partial charge in [-0.05, 0) is 19.1 Å². The molecule has 0 spiro atoms. The Bertz CT molecular complexity index is 468. The van der Waals surface area contributed by atoms with Gasteiger partial charge in [0.2, 0.25) is 0 Å². The Labute approximate surface area is 99.5 Å². The maximum Gasteiger partial charge on any atom is 0.152 e. The number of aromatic nitrogens is 2. The van der Waals surface area contributed by atoms with E-state index in [9.17, 15) is 0 Å². The topological polar surface area (TPSA) is 37.8 Å². The summed E-state index contributed by atoms with van der Waals surface area (Å²) in [5.41, 5.74) is 1.86. The number of rotatable bonds is 3. The maximum absolute atomic E-state index is 5.85. The van der Waals surface area contributed by atoms with Gasteiger partial charge in [-0.3, -0.25) is 4.98 Å². The Morgan fingerprint density at radius 1 is 1.12 bits per heavy atom. The van der Waals surface area contributed by atoms with Crippen LogP contribution in [0.4, 0.5) is 5.82 Å². The molecule has 1 N–H and O–H groups in total. The lowest BCUT2D eigenvalue weighted by Gasteiger charge is -2.07. The molecule has 0 fully saturated rings. The van der Waals surface area contributed by atoms with E-state index in [0.29, 0.717) is 0 Å². The highest BCUT2D eigenvalue weighted by atomic mass is 35.5. The highest BCUT2D eigenvalue weighted by Crippen LogP contribution is 2.24. The Kier molecular flexibility index (Phi) is 3.37. The summed E-state index contributed by atoms with van der Waals surface area (Å²) in [6, 6.07) is 7.57. The standard InChI is InChI=1S/C12H12ClN3/c1-2-14-12-11(15-7-8-16-12)9-3-5-10(13)6-4-9/h3-8H,2H2,1H3,(H,14,16). The first-order chi connectivity index (χ1) is 7.81. The summed E-state index contributed by atoms with van der Waals surface area (Å²) in [7, 11) is 0. The molecular weight excluding hydrogens is 222 g/mol. The van der Waals surface area contributed by atoms with Gasteiger partial charge in [-0.15, -0.1) is 0 Å². The molecule has 1 heterocycles. The molecule has 3 nitrogen and oxygen atoms in total. The molecule has 0 saturated carbocycles. The normalized spacial score (nSPS) is 10.1. The second-order valence-electron chi connectivity index (χ2n) is 3.29. The van der Waals surface area contributed by atoms with Crippen LogP contribution in [-0.2, 0) is 0 Å². The third kappa shape index (κ3) is 2.31. The van der Waals surface area contributed by atoms with E-state index in [1.807, 2.05) is 31.2 Å². The van der Waals surface area contributed by atoms with E-state index in [4.69, 9.17) is 11.6 Å². The summed E-state index contributed by atoms with van der Waals surface area (Å²) >= 11 is 5.85. The van der Waals surface area contributed by atoms with Crippen LogP contribution in [0.5, 0.6) is 0 Å². The summed E-state index contributed by atoms with van der Waals surface area (Å²) < 4.78 is 0. The van der Waals surface area contributed by atoms with Gasteiger partial charge in [0.15, 0.2) is 5.82 Å². The number of hydrogen-bond acceptors (Lipinski definition) is 3. The van der Waals surface area contributed by atoms with Gasteiger partial charge in [0.1, 0.15) is 5.69 Å². The smallest absolute Gasteiger partial charge is 0.152 e. The predicted octanol–water partition coefficient (Wildman–Crippen LogP) is 3.23. The molecule has 0 radical (unpaired) electrons. The molecule has 0 aliphatic heterocycles. The Balaban J connectivity index is 2.42. The fourth-order valence-electron chi connectivity index (χ4n) is 1.45. The van der Waals surface area contributed by atoms with Crippen LogP contribution in [0.1, 0.15) is 6.92 Å². The Morgan fingerprint density at radius 2 is 1.81 bits per heavy atom. The van der Waals surface area contributed by atoms with E-state index in [1.165, 1.54) is 0 Å². The predicted molar refractivity (Wildman–Crippen MR) is 66.6 cm³/mol. The number of nitrogens with one attached hydrogen (secondary N) is 1.